The summed E-state index contributed by atoms with van der Waals surface area (Å²) >= 11 is 0. The fraction of sp³-hybridized carbons (Fsp3) is 0.273. The van der Waals surface area contributed by atoms with Crippen molar-refractivity contribution < 1.29 is 0 Å². The van der Waals surface area contributed by atoms with Gasteiger partial charge in [0, 0.05) is 12.6 Å². The van der Waals surface area contributed by atoms with Crippen molar-refractivity contribution in [2.75, 3.05) is 6.54 Å². The topological polar surface area (TPSA) is 67.1 Å². The molecule has 0 fully saturated rings. The summed E-state index contributed by atoms with van der Waals surface area (Å²) in [7, 11) is 0. The van der Waals surface area contributed by atoms with Gasteiger partial charge in [0.15, 0.2) is 5.69 Å². The number of rotatable bonds is 2. The van der Waals surface area contributed by atoms with Gasteiger partial charge in [-0.05, 0) is 31.2 Å². The van der Waals surface area contributed by atoms with E-state index in [1.807, 2.05) is 29.7 Å². The van der Waals surface area contributed by atoms with Crippen LogP contribution in [-0.4, -0.2) is 15.9 Å². The van der Waals surface area contributed by atoms with E-state index in [9.17, 15) is 0 Å². The first-order chi connectivity index (χ1) is 7.26. The second-order valence-electron chi connectivity index (χ2n) is 3.49. The summed E-state index contributed by atoms with van der Waals surface area (Å²) in [5.41, 5.74) is 7.96. The minimum atomic E-state index is 0.474. The van der Waals surface area contributed by atoms with Gasteiger partial charge >= 0.3 is 0 Å². The van der Waals surface area contributed by atoms with E-state index in [1.54, 1.807) is 0 Å². The summed E-state index contributed by atoms with van der Waals surface area (Å²) in [4.78, 5) is 4.26. The summed E-state index contributed by atoms with van der Waals surface area (Å²) < 4.78 is 1.93. The standard InChI is InChI=1S/C11H12N4/c1-8-3-5-15-10(6-8)9(7-13)14-11(15)2-4-12/h3,5-6H,2,4,12H2,1H3. The third-order valence-electron chi connectivity index (χ3n) is 2.35. The van der Waals surface area contributed by atoms with Crippen molar-refractivity contribution in [1.82, 2.24) is 9.38 Å². The summed E-state index contributed by atoms with van der Waals surface area (Å²) in [6.07, 6.45) is 2.62. The SMILES string of the molecule is Cc1ccn2c(CCN)nc(C#N)c2c1. The lowest BCUT2D eigenvalue weighted by molar-refractivity contribution is 0.861. The Balaban J connectivity index is 2.71. The molecule has 0 saturated carbocycles. The van der Waals surface area contributed by atoms with Crippen molar-refractivity contribution in [3.8, 4) is 6.07 Å². The van der Waals surface area contributed by atoms with Crippen LogP contribution >= 0.6 is 0 Å². The highest BCUT2D eigenvalue weighted by Gasteiger charge is 2.09. The maximum Gasteiger partial charge on any atom is 0.166 e. The molecule has 0 unspecified atom stereocenters. The highest BCUT2D eigenvalue weighted by atomic mass is 15.0. The average molecular weight is 200 g/mol. The molecular formula is C11H12N4. The fourth-order valence-electron chi connectivity index (χ4n) is 1.64. The number of aromatic nitrogens is 2. The third kappa shape index (κ3) is 1.58. The molecule has 2 rings (SSSR count). The van der Waals surface area contributed by atoms with Crippen LogP contribution in [0.5, 0.6) is 0 Å². The van der Waals surface area contributed by atoms with Gasteiger partial charge in [-0.25, -0.2) is 4.98 Å². The molecule has 0 aromatic carbocycles. The lowest BCUT2D eigenvalue weighted by Gasteiger charge is -1.99. The van der Waals surface area contributed by atoms with Gasteiger partial charge in [-0.1, -0.05) is 0 Å². The monoisotopic (exact) mass is 200 g/mol. The quantitative estimate of drug-likeness (QED) is 0.786. The number of nitrogens with two attached hydrogens (primary N) is 1. The van der Waals surface area contributed by atoms with E-state index in [2.05, 4.69) is 11.1 Å². The van der Waals surface area contributed by atoms with Gasteiger partial charge in [0.05, 0.1) is 5.52 Å². The smallest absolute Gasteiger partial charge is 0.166 e. The Bertz CT molecular complexity index is 533. The van der Waals surface area contributed by atoms with E-state index in [-0.39, 0.29) is 0 Å². The van der Waals surface area contributed by atoms with E-state index < -0.39 is 0 Å². The fourth-order valence-corrected chi connectivity index (χ4v) is 1.64. The van der Waals surface area contributed by atoms with Crippen LogP contribution in [0, 0.1) is 18.3 Å². The number of nitrogens with zero attached hydrogens (tertiary/aromatic N) is 3. The summed E-state index contributed by atoms with van der Waals surface area (Å²) in [5, 5.41) is 8.95. The number of hydrogen-bond acceptors (Lipinski definition) is 3. The molecule has 15 heavy (non-hydrogen) atoms. The second-order valence-corrected chi connectivity index (χ2v) is 3.49. The molecule has 4 nitrogen and oxygen atoms in total. The first-order valence-corrected chi connectivity index (χ1v) is 4.84. The maximum atomic E-state index is 8.95. The Kier molecular flexibility index (Phi) is 2.40. The van der Waals surface area contributed by atoms with Crippen LogP contribution in [0.2, 0.25) is 0 Å². The molecule has 2 aromatic heterocycles. The first kappa shape index (κ1) is 9.69. The lowest BCUT2D eigenvalue weighted by Crippen LogP contribution is -2.06. The van der Waals surface area contributed by atoms with Crippen LogP contribution in [0.4, 0.5) is 0 Å². The highest BCUT2D eigenvalue weighted by Crippen LogP contribution is 2.14. The molecular weight excluding hydrogens is 188 g/mol. The van der Waals surface area contributed by atoms with Crippen molar-refractivity contribution >= 4 is 5.52 Å². The molecule has 0 aliphatic heterocycles. The predicted molar refractivity (Wildman–Crippen MR) is 57.4 cm³/mol. The molecule has 2 aromatic rings. The summed E-state index contributed by atoms with van der Waals surface area (Å²) in [5.74, 6) is 0.851. The van der Waals surface area contributed by atoms with E-state index in [4.69, 9.17) is 11.0 Å². The van der Waals surface area contributed by atoms with E-state index in [1.165, 1.54) is 0 Å². The van der Waals surface area contributed by atoms with Gasteiger partial charge in [0.1, 0.15) is 11.9 Å². The Morgan fingerprint density at radius 3 is 3.07 bits per heavy atom. The van der Waals surface area contributed by atoms with Crippen molar-refractivity contribution in [3.05, 3.63) is 35.4 Å². The number of imidazole rings is 1. The second kappa shape index (κ2) is 3.71. The molecule has 0 saturated heterocycles. The van der Waals surface area contributed by atoms with Crippen LogP contribution in [-0.2, 0) is 6.42 Å². The van der Waals surface area contributed by atoms with Gasteiger partial charge in [0.25, 0.3) is 0 Å². The zero-order valence-corrected chi connectivity index (χ0v) is 8.57. The largest absolute Gasteiger partial charge is 0.330 e. The molecule has 0 radical (unpaired) electrons. The number of fused-ring (bicyclic) bond motifs is 1. The van der Waals surface area contributed by atoms with Gasteiger partial charge in [-0.15, -0.1) is 0 Å². The van der Waals surface area contributed by atoms with Gasteiger partial charge in [0.2, 0.25) is 0 Å². The Morgan fingerprint density at radius 2 is 2.40 bits per heavy atom. The van der Waals surface area contributed by atoms with Crippen LogP contribution in [0.25, 0.3) is 5.52 Å². The van der Waals surface area contributed by atoms with Crippen molar-refractivity contribution in [2.45, 2.75) is 13.3 Å². The molecule has 0 spiro atoms. The molecule has 0 bridgehead atoms. The van der Waals surface area contributed by atoms with E-state index in [0.29, 0.717) is 18.7 Å². The van der Waals surface area contributed by atoms with Crippen LogP contribution in [0.15, 0.2) is 18.3 Å². The third-order valence-corrected chi connectivity index (χ3v) is 2.35. The Labute approximate surface area is 88.0 Å². The minimum Gasteiger partial charge on any atom is -0.330 e. The zero-order valence-electron chi connectivity index (χ0n) is 8.57. The Morgan fingerprint density at radius 1 is 1.60 bits per heavy atom. The van der Waals surface area contributed by atoms with Crippen LogP contribution < -0.4 is 5.73 Å². The predicted octanol–water partition coefficient (Wildman–Crippen LogP) is 1.02. The summed E-state index contributed by atoms with van der Waals surface area (Å²) in [6.45, 7) is 2.54. The number of pyridine rings is 1. The van der Waals surface area contributed by atoms with E-state index >= 15 is 0 Å². The summed E-state index contributed by atoms with van der Waals surface area (Å²) in [6, 6.07) is 6.06. The molecule has 2 N–H and O–H groups in total. The van der Waals surface area contributed by atoms with Crippen molar-refractivity contribution in [1.29, 1.82) is 5.26 Å². The lowest BCUT2D eigenvalue weighted by atomic mass is 10.2. The van der Waals surface area contributed by atoms with Gasteiger partial charge < -0.3 is 10.1 Å². The molecule has 0 atom stereocenters. The van der Waals surface area contributed by atoms with Crippen LogP contribution in [0.3, 0.4) is 0 Å². The van der Waals surface area contributed by atoms with Gasteiger partial charge in [-0.2, -0.15) is 5.26 Å². The number of aryl methyl sites for hydroxylation is 1. The molecule has 0 aliphatic rings. The molecule has 2 heterocycles. The zero-order chi connectivity index (χ0) is 10.8. The normalized spacial score (nSPS) is 10.5. The number of nitriles is 1. The molecule has 0 amide bonds. The highest BCUT2D eigenvalue weighted by molar-refractivity contribution is 5.59. The minimum absolute atomic E-state index is 0.474. The van der Waals surface area contributed by atoms with Crippen LogP contribution in [0.1, 0.15) is 17.1 Å². The molecule has 4 heteroatoms. The molecule has 76 valence electrons. The Hall–Kier alpha value is -1.86. The average Bonchev–Trinajstić information content (AvgIpc) is 2.56. The number of hydrogen-bond donors (Lipinski definition) is 1. The van der Waals surface area contributed by atoms with Crippen molar-refractivity contribution in [3.63, 3.8) is 0 Å². The van der Waals surface area contributed by atoms with E-state index in [0.717, 1.165) is 16.9 Å². The maximum absolute atomic E-state index is 8.95. The van der Waals surface area contributed by atoms with Gasteiger partial charge in [-0.3, -0.25) is 0 Å². The first-order valence-electron chi connectivity index (χ1n) is 4.84. The van der Waals surface area contributed by atoms with Crippen molar-refractivity contribution in [2.24, 2.45) is 5.73 Å². The molecule has 0 aliphatic carbocycles.